The van der Waals surface area contributed by atoms with Gasteiger partial charge < -0.3 is 5.73 Å². The van der Waals surface area contributed by atoms with E-state index in [1.165, 1.54) is 0 Å². The third kappa shape index (κ3) is 5.75. The summed E-state index contributed by atoms with van der Waals surface area (Å²) in [7, 11) is 0. The summed E-state index contributed by atoms with van der Waals surface area (Å²) in [6, 6.07) is 0. The van der Waals surface area contributed by atoms with Crippen LogP contribution < -0.4 is 5.73 Å². The summed E-state index contributed by atoms with van der Waals surface area (Å²) in [5, 5.41) is 0. The van der Waals surface area contributed by atoms with E-state index < -0.39 is 12.6 Å². The van der Waals surface area contributed by atoms with Gasteiger partial charge in [-0.1, -0.05) is 0 Å². The van der Waals surface area contributed by atoms with Crippen LogP contribution in [0.15, 0.2) is 0 Å². The van der Waals surface area contributed by atoms with Crippen molar-refractivity contribution in [1.29, 1.82) is 0 Å². The van der Waals surface area contributed by atoms with E-state index in [1.807, 2.05) is 0 Å². The molecule has 0 bridgehead atoms. The molecule has 0 spiro atoms. The van der Waals surface area contributed by atoms with Crippen LogP contribution in [-0.2, 0) is 0 Å². The van der Waals surface area contributed by atoms with E-state index in [2.05, 4.69) is 0 Å². The highest BCUT2D eigenvalue weighted by atomic mass is 19.4. The molecule has 0 unspecified atom stereocenters. The van der Waals surface area contributed by atoms with Crippen LogP contribution in [-0.4, -0.2) is 6.18 Å². The predicted octanol–water partition coefficient (Wildman–Crippen LogP) is 1.45. The summed E-state index contributed by atoms with van der Waals surface area (Å²) in [6.45, 7) is 1.01. The van der Waals surface area contributed by atoms with Gasteiger partial charge in [-0.15, -0.1) is 0 Å². The molecule has 49 valence electrons. The molecule has 0 aromatic heterocycles. The smallest absolute Gasteiger partial charge is 0.326 e. The molecular formula is C4H7F3N. The average Bonchev–Trinajstić information content (AvgIpc) is 1.59. The van der Waals surface area contributed by atoms with Gasteiger partial charge in [0.05, 0.1) is 0 Å². The van der Waals surface area contributed by atoms with Gasteiger partial charge in [-0.05, 0) is 6.42 Å². The van der Waals surface area contributed by atoms with Crippen molar-refractivity contribution < 1.29 is 13.2 Å². The first kappa shape index (κ1) is 7.75. The molecule has 0 aliphatic carbocycles. The molecule has 1 nitrogen and oxygen atoms in total. The molecule has 0 heterocycles. The second kappa shape index (κ2) is 2.91. The fourth-order valence-corrected chi connectivity index (χ4v) is 0.247. The van der Waals surface area contributed by atoms with Crippen molar-refractivity contribution in [2.75, 3.05) is 0 Å². The second-order valence-electron chi connectivity index (χ2n) is 1.39. The molecule has 0 rings (SSSR count). The predicted molar refractivity (Wildman–Crippen MR) is 23.8 cm³/mol. The SMILES string of the molecule is N[CH]CCC(F)(F)F. The lowest BCUT2D eigenvalue weighted by Gasteiger charge is -2.01. The Balaban J connectivity index is 3.11. The molecule has 1 radical (unpaired) electrons. The Hall–Kier alpha value is -0.250. The van der Waals surface area contributed by atoms with Crippen LogP contribution in [0.3, 0.4) is 0 Å². The van der Waals surface area contributed by atoms with Crippen LogP contribution in [0.1, 0.15) is 12.8 Å². The molecule has 0 fully saturated rings. The normalized spacial score (nSPS) is 12.0. The average molecular weight is 126 g/mol. The Kier molecular flexibility index (Phi) is 2.82. The Morgan fingerprint density at radius 1 is 1.38 bits per heavy atom. The number of rotatable bonds is 2. The van der Waals surface area contributed by atoms with Crippen LogP contribution in [0.2, 0.25) is 0 Å². The van der Waals surface area contributed by atoms with E-state index in [4.69, 9.17) is 5.73 Å². The maximum absolute atomic E-state index is 11.2. The summed E-state index contributed by atoms with van der Waals surface area (Å²) < 4.78 is 33.5. The molecule has 0 aliphatic rings. The zero-order chi connectivity index (χ0) is 6.62. The minimum Gasteiger partial charge on any atom is -0.326 e. The van der Waals surface area contributed by atoms with Gasteiger partial charge in [0.2, 0.25) is 0 Å². The fourth-order valence-electron chi connectivity index (χ4n) is 0.247. The van der Waals surface area contributed by atoms with Gasteiger partial charge in [-0.3, -0.25) is 0 Å². The molecule has 0 aromatic carbocycles. The molecule has 0 aliphatic heterocycles. The molecular weight excluding hydrogens is 119 g/mol. The third-order valence-corrected chi connectivity index (χ3v) is 0.594. The van der Waals surface area contributed by atoms with Gasteiger partial charge in [0.15, 0.2) is 0 Å². The topological polar surface area (TPSA) is 26.0 Å². The Morgan fingerprint density at radius 2 is 1.88 bits per heavy atom. The van der Waals surface area contributed by atoms with Gasteiger partial charge in [-0.25, -0.2) is 0 Å². The standard InChI is InChI=1S/C4H7F3N/c5-4(6,7)2-1-3-8/h3H,1-2,8H2. The minimum absolute atomic E-state index is 0.0938. The monoisotopic (exact) mass is 126 g/mol. The van der Waals surface area contributed by atoms with Crippen molar-refractivity contribution in [3.05, 3.63) is 6.54 Å². The summed E-state index contributed by atoms with van der Waals surface area (Å²) in [5.41, 5.74) is 4.71. The van der Waals surface area contributed by atoms with E-state index >= 15 is 0 Å². The highest BCUT2D eigenvalue weighted by Gasteiger charge is 2.25. The molecule has 0 amide bonds. The Labute approximate surface area is 45.7 Å². The molecule has 0 saturated carbocycles. The van der Waals surface area contributed by atoms with Crippen LogP contribution in [0.5, 0.6) is 0 Å². The largest absolute Gasteiger partial charge is 0.389 e. The molecule has 4 heteroatoms. The summed E-state index contributed by atoms with van der Waals surface area (Å²) in [4.78, 5) is 0. The maximum Gasteiger partial charge on any atom is 0.389 e. The number of hydrogen-bond donors (Lipinski definition) is 1. The zero-order valence-electron chi connectivity index (χ0n) is 4.20. The first-order chi connectivity index (χ1) is 3.56. The molecule has 0 saturated heterocycles. The number of hydrogen-bond acceptors (Lipinski definition) is 1. The van der Waals surface area contributed by atoms with Gasteiger partial charge in [0, 0.05) is 13.0 Å². The van der Waals surface area contributed by atoms with Gasteiger partial charge in [-0.2, -0.15) is 13.2 Å². The van der Waals surface area contributed by atoms with Crippen LogP contribution >= 0.6 is 0 Å². The lowest BCUT2D eigenvalue weighted by Crippen LogP contribution is -2.07. The van der Waals surface area contributed by atoms with Crippen molar-refractivity contribution in [2.24, 2.45) is 5.73 Å². The molecule has 8 heavy (non-hydrogen) atoms. The van der Waals surface area contributed by atoms with Crippen molar-refractivity contribution in [3.63, 3.8) is 0 Å². The molecule has 0 atom stereocenters. The van der Waals surface area contributed by atoms with E-state index in [1.54, 1.807) is 0 Å². The van der Waals surface area contributed by atoms with Crippen LogP contribution in [0.25, 0.3) is 0 Å². The van der Waals surface area contributed by atoms with Crippen molar-refractivity contribution >= 4 is 0 Å². The lowest BCUT2D eigenvalue weighted by molar-refractivity contribution is -0.134. The maximum atomic E-state index is 11.2. The molecule has 2 N–H and O–H groups in total. The van der Waals surface area contributed by atoms with Gasteiger partial charge in [0.1, 0.15) is 0 Å². The summed E-state index contributed by atoms with van der Waals surface area (Å²) in [6.07, 6.45) is -4.97. The number of halogens is 3. The van der Waals surface area contributed by atoms with Crippen LogP contribution in [0.4, 0.5) is 13.2 Å². The summed E-state index contributed by atoms with van der Waals surface area (Å²) in [5.74, 6) is 0. The van der Waals surface area contributed by atoms with Gasteiger partial charge in [0.25, 0.3) is 0 Å². The number of nitrogens with two attached hydrogens (primary N) is 1. The van der Waals surface area contributed by atoms with Crippen molar-refractivity contribution in [3.8, 4) is 0 Å². The van der Waals surface area contributed by atoms with E-state index in [9.17, 15) is 13.2 Å². The van der Waals surface area contributed by atoms with E-state index in [-0.39, 0.29) is 6.42 Å². The van der Waals surface area contributed by atoms with Crippen LogP contribution in [0, 0.1) is 6.54 Å². The van der Waals surface area contributed by atoms with Gasteiger partial charge >= 0.3 is 6.18 Å². The zero-order valence-corrected chi connectivity index (χ0v) is 4.20. The highest BCUT2D eigenvalue weighted by molar-refractivity contribution is 4.58. The second-order valence-corrected chi connectivity index (χ2v) is 1.39. The minimum atomic E-state index is -4.06. The van der Waals surface area contributed by atoms with E-state index in [0.29, 0.717) is 0 Å². The summed E-state index contributed by atoms with van der Waals surface area (Å²) >= 11 is 0. The fraction of sp³-hybridized carbons (Fsp3) is 0.750. The highest BCUT2D eigenvalue weighted by Crippen LogP contribution is 2.20. The first-order valence-corrected chi connectivity index (χ1v) is 2.16. The van der Waals surface area contributed by atoms with Crippen molar-refractivity contribution in [1.82, 2.24) is 0 Å². The Bertz CT molecular complexity index is 58.8. The Morgan fingerprint density at radius 3 is 2.00 bits per heavy atom. The molecule has 0 aromatic rings. The van der Waals surface area contributed by atoms with Crippen molar-refractivity contribution in [2.45, 2.75) is 19.0 Å². The first-order valence-electron chi connectivity index (χ1n) is 2.16. The lowest BCUT2D eigenvalue weighted by atomic mass is 10.3. The quantitative estimate of drug-likeness (QED) is 0.595. The number of alkyl halides is 3. The third-order valence-electron chi connectivity index (χ3n) is 0.594. The van der Waals surface area contributed by atoms with E-state index in [0.717, 1.165) is 6.54 Å².